The molecule has 2 N–H and O–H groups in total. The second-order valence-corrected chi connectivity index (χ2v) is 5.21. The maximum atomic E-state index is 6.16. The number of furan rings is 1. The van der Waals surface area contributed by atoms with Crippen LogP contribution in [0, 0.1) is 6.92 Å². The zero-order chi connectivity index (χ0) is 14.0. The fraction of sp³-hybridized carbons (Fsp3) is 0.214. The molecule has 5 heteroatoms. The van der Waals surface area contributed by atoms with E-state index in [-0.39, 0.29) is 0 Å². The van der Waals surface area contributed by atoms with Crippen LogP contribution in [-0.4, -0.2) is 12.0 Å². The monoisotopic (exact) mass is 294 g/mol. The lowest BCUT2D eigenvalue weighted by molar-refractivity contribution is 0.482. The van der Waals surface area contributed by atoms with Crippen LogP contribution < -0.4 is 10.6 Å². The maximum absolute atomic E-state index is 6.16. The van der Waals surface area contributed by atoms with Gasteiger partial charge in [-0.25, -0.2) is 0 Å². The van der Waals surface area contributed by atoms with Gasteiger partial charge in [0.05, 0.1) is 17.1 Å². The molecule has 1 aromatic carbocycles. The molecule has 0 bridgehead atoms. The number of anilines is 1. The Bertz CT molecular complexity index is 609. The van der Waals surface area contributed by atoms with Crippen LogP contribution in [0.2, 0.25) is 5.02 Å². The van der Waals surface area contributed by atoms with Gasteiger partial charge in [-0.05, 0) is 31.2 Å². The van der Waals surface area contributed by atoms with Crippen LogP contribution in [0.4, 0.5) is 5.69 Å². The van der Waals surface area contributed by atoms with E-state index in [1.807, 2.05) is 43.1 Å². The van der Waals surface area contributed by atoms with Crippen molar-refractivity contribution >= 4 is 34.5 Å². The molecule has 0 aliphatic carbocycles. The van der Waals surface area contributed by atoms with E-state index < -0.39 is 0 Å². The smallest absolute Gasteiger partial charge is 0.123 e. The van der Waals surface area contributed by atoms with Crippen molar-refractivity contribution < 1.29 is 4.42 Å². The van der Waals surface area contributed by atoms with E-state index >= 15 is 0 Å². The number of nitrogens with two attached hydrogens (primary N) is 1. The van der Waals surface area contributed by atoms with Crippen LogP contribution in [0.5, 0.6) is 0 Å². The molecule has 0 spiro atoms. The molecule has 0 atom stereocenters. The normalized spacial score (nSPS) is 10.5. The van der Waals surface area contributed by atoms with Gasteiger partial charge in [0.1, 0.15) is 16.5 Å². The molecule has 1 heterocycles. The fourth-order valence-electron chi connectivity index (χ4n) is 1.96. The van der Waals surface area contributed by atoms with Crippen LogP contribution in [0.25, 0.3) is 0 Å². The van der Waals surface area contributed by atoms with Gasteiger partial charge in [-0.1, -0.05) is 29.9 Å². The predicted octanol–water partition coefficient (Wildman–Crippen LogP) is 3.51. The second kappa shape index (κ2) is 5.63. The predicted molar refractivity (Wildman–Crippen MR) is 82.9 cm³/mol. The summed E-state index contributed by atoms with van der Waals surface area (Å²) >= 11 is 11.2. The molecule has 0 amide bonds. The van der Waals surface area contributed by atoms with E-state index in [2.05, 4.69) is 0 Å². The minimum Gasteiger partial charge on any atom is -0.464 e. The zero-order valence-corrected chi connectivity index (χ0v) is 12.4. The van der Waals surface area contributed by atoms with E-state index in [9.17, 15) is 0 Å². The molecule has 0 saturated carbocycles. The summed E-state index contributed by atoms with van der Waals surface area (Å²) in [5, 5.41) is 0.562. The highest BCUT2D eigenvalue weighted by molar-refractivity contribution is 7.80. The molecule has 0 radical (unpaired) electrons. The molecule has 3 nitrogen and oxygen atoms in total. The molecule has 0 aliphatic heterocycles. The van der Waals surface area contributed by atoms with Crippen molar-refractivity contribution in [3.63, 3.8) is 0 Å². The van der Waals surface area contributed by atoms with Crippen LogP contribution in [0.15, 0.2) is 34.7 Å². The van der Waals surface area contributed by atoms with Crippen molar-refractivity contribution in [1.82, 2.24) is 0 Å². The zero-order valence-electron chi connectivity index (χ0n) is 10.8. The largest absolute Gasteiger partial charge is 0.464 e. The topological polar surface area (TPSA) is 42.4 Å². The average Bonchev–Trinajstić information content (AvgIpc) is 2.73. The first-order valence-corrected chi connectivity index (χ1v) is 6.62. The molecular weight excluding hydrogens is 280 g/mol. The van der Waals surface area contributed by atoms with E-state index in [0.717, 1.165) is 17.2 Å². The molecule has 1 aromatic heterocycles. The highest BCUT2D eigenvalue weighted by atomic mass is 35.5. The molecular formula is C14H15ClN2OS. The van der Waals surface area contributed by atoms with Crippen molar-refractivity contribution in [3.8, 4) is 0 Å². The Labute approximate surface area is 123 Å². The SMILES string of the molecule is Cc1ccc(CN(C)c2cccc(Cl)c2C(N)=S)o1. The molecule has 19 heavy (non-hydrogen) atoms. The van der Waals surface area contributed by atoms with Crippen molar-refractivity contribution in [3.05, 3.63) is 52.4 Å². The number of benzene rings is 1. The summed E-state index contributed by atoms with van der Waals surface area (Å²) in [6.45, 7) is 2.55. The number of aryl methyl sites for hydroxylation is 1. The third-order valence-corrected chi connectivity index (χ3v) is 3.36. The minimum atomic E-state index is 0.295. The molecule has 0 aliphatic rings. The van der Waals surface area contributed by atoms with E-state index in [1.165, 1.54) is 0 Å². The van der Waals surface area contributed by atoms with E-state index in [1.54, 1.807) is 6.07 Å². The van der Waals surface area contributed by atoms with Gasteiger partial charge in [0.15, 0.2) is 0 Å². The van der Waals surface area contributed by atoms with Gasteiger partial charge in [-0.2, -0.15) is 0 Å². The summed E-state index contributed by atoms with van der Waals surface area (Å²) in [4.78, 5) is 2.31. The molecule has 100 valence electrons. The fourth-order valence-corrected chi connectivity index (χ4v) is 2.51. The number of rotatable bonds is 4. The Balaban J connectivity index is 2.31. The van der Waals surface area contributed by atoms with Crippen LogP contribution in [0.3, 0.4) is 0 Å². The lowest BCUT2D eigenvalue weighted by Crippen LogP contribution is -2.21. The second-order valence-electron chi connectivity index (χ2n) is 4.37. The van der Waals surface area contributed by atoms with E-state index in [4.69, 9.17) is 34.0 Å². The van der Waals surface area contributed by atoms with E-state index in [0.29, 0.717) is 22.1 Å². The van der Waals surface area contributed by atoms with Crippen molar-refractivity contribution in [2.45, 2.75) is 13.5 Å². The highest BCUT2D eigenvalue weighted by Crippen LogP contribution is 2.28. The van der Waals surface area contributed by atoms with Crippen molar-refractivity contribution in [1.29, 1.82) is 0 Å². The van der Waals surface area contributed by atoms with Gasteiger partial charge in [0.2, 0.25) is 0 Å². The summed E-state index contributed by atoms with van der Waals surface area (Å²) in [7, 11) is 1.95. The summed E-state index contributed by atoms with van der Waals surface area (Å²) in [5.41, 5.74) is 7.34. The van der Waals surface area contributed by atoms with Crippen molar-refractivity contribution in [2.24, 2.45) is 5.73 Å². The minimum absolute atomic E-state index is 0.295. The number of thiocarbonyl (C=S) groups is 1. The summed E-state index contributed by atoms with van der Waals surface area (Å²) < 4.78 is 5.57. The highest BCUT2D eigenvalue weighted by Gasteiger charge is 2.14. The van der Waals surface area contributed by atoms with Gasteiger partial charge < -0.3 is 15.1 Å². The molecule has 0 unspecified atom stereocenters. The summed E-state index contributed by atoms with van der Waals surface area (Å²) in [6.07, 6.45) is 0. The molecule has 0 saturated heterocycles. The molecule has 2 rings (SSSR count). The Morgan fingerprint density at radius 2 is 2.11 bits per heavy atom. The first kappa shape index (κ1) is 13.9. The number of nitrogens with zero attached hydrogens (tertiary/aromatic N) is 1. The molecule has 0 fully saturated rings. The quantitative estimate of drug-likeness (QED) is 0.876. The standard InChI is InChI=1S/C14H15ClN2OS/c1-9-6-7-10(18-9)8-17(2)12-5-3-4-11(15)13(12)14(16)19/h3-7H,8H2,1-2H3,(H2,16,19). The van der Waals surface area contributed by atoms with Crippen LogP contribution in [-0.2, 0) is 6.54 Å². The van der Waals surface area contributed by atoms with Gasteiger partial charge in [0, 0.05) is 12.7 Å². The lowest BCUT2D eigenvalue weighted by Gasteiger charge is -2.21. The Morgan fingerprint density at radius 3 is 2.68 bits per heavy atom. The summed E-state index contributed by atoms with van der Waals surface area (Å²) in [5.74, 6) is 1.78. The number of hydrogen-bond acceptors (Lipinski definition) is 3. The van der Waals surface area contributed by atoms with Gasteiger partial charge in [-0.3, -0.25) is 0 Å². The Morgan fingerprint density at radius 1 is 1.37 bits per heavy atom. The van der Waals surface area contributed by atoms with Crippen molar-refractivity contribution in [2.75, 3.05) is 11.9 Å². The Hall–Kier alpha value is -1.52. The number of halogens is 1. The van der Waals surface area contributed by atoms with Gasteiger partial charge in [-0.15, -0.1) is 0 Å². The third-order valence-electron chi connectivity index (χ3n) is 2.84. The van der Waals surface area contributed by atoms with Crippen LogP contribution >= 0.6 is 23.8 Å². The maximum Gasteiger partial charge on any atom is 0.123 e. The van der Waals surface area contributed by atoms with Crippen LogP contribution in [0.1, 0.15) is 17.1 Å². The third kappa shape index (κ3) is 3.08. The lowest BCUT2D eigenvalue weighted by atomic mass is 10.1. The van der Waals surface area contributed by atoms with Gasteiger partial charge in [0.25, 0.3) is 0 Å². The average molecular weight is 295 g/mol. The molecule has 2 aromatic rings. The summed E-state index contributed by atoms with van der Waals surface area (Å²) in [6, 6.07) is 9.50. The first-order valence-electron chi connectivity index (χ1n) is 5.84. The number of hydrogen-bond donors (Lipinski definition) is 1. The Kier molecular flexibility index (Phi) is 4.12. The van der Waals surface area contributed by atoms with Gasteiger partial charge >= 0.3 is 0 Å². The first-order chi connectivity index (χ1) is 8.99.